The molecule has 1 aliphatic heterocycles. The summed E-state index contributed by atoms with van der Waals surface area (Å²) in [5.74, 6) is -0.104. The van der Waals surface area contributed by atoms with Gasteiger partial charge in [0.15, 0.2) is 5.96 Å². The van der Waals surface area contributed by atoms with Gasteiger partial charge in [-0.25, -0.2) is 8.78 Å². The van der Waals surface area contributed by atoms with E-state index in [1.54, 1.807) is 38.4 Å². The number of hydrogen-bond acceptors (Lipinski definition) is 4. The van der Waals surface area contributed by atoms with E-state index in [0.717, 1.165) is 12.5 Å². The molecule has 1 fully saturated rings. The topological polar surface area (TPSA) is 78.0 Å². The summed E-state index contributed by atoms with van der Waals surface area (Å²) >= 11 is 0. The van der Waals surface area contributed by atoms with Crippen LogP contribution < -0.4 is 25.6 Å². The average Bonchev–Trinajstić information content (AvgIpc) is 3.23. The summed E-state index contributed by atoms with van der Waals surface area (Å²) in [7, 11) is 3.22. The van der Waals surface area contributed by atoms with E-state index in [9.17, 15) is 13.6 Å². The van der Waals surface area contributed by atoms with Gasteiger partial charge in [0.05, 0.1) is 12.8 Å². The van der Waals surface area contributed by atoms with Crippen molar-refractivity contribution in [2.75, 3.05) is 45.2 Å². The summed E-state index contributed by atoms with van der Waals surface area (Å²) in [4.78, 5) is 18.3. The minimum Gasteiger partial charge on any atom is -0.497 e. The zero-order chi connectivity index (χ0) is 22.2. The fourth-order valence-electron chi connectivity index (χ4n) is 3.45. The molecule has 3 N–H and O–H groups in total. The lowest BCUT2D eigenvalue weighted by Gasteiger charge is -2.21. The molecule has 0 spiro atoms. The maximum Gasteiger partial charge on any atom is 0.251 e. The summed E-state index contributed by atoms with van der Waals surface area (Å²) in [5, 5.41) is 9.30. The summed E-state index contributed by atoms with van der Waals surface area (Å²) < 4.78 is 32.3. The highest BCUT2D eigenvalue weighted by molar-refractivity contribution is 14.0. The Morgan fingerprint density at radius 2 is 1.97 bits per heavy atom. The minimum atomic E-state index is -0.585. The molecule has 0 radical (unpaired) electrons. The smallest absolute Gasteiger partial charge is 0.251 e. The lowest BCUT2D eigenvalue weighted by Crippen LogP contribution is -2.46. The van der Waals surface area contributed by atoms with Gasteiger partial charge < -0.3 is 25.6 Å². The molecule has 1 aliphatic rings. The molecule has 0 aromatic heterocycles. The van der Waals surface area contributed by atoms with Gasteiger partial charge in [0.25, 0.3) is 5.91 Å². The van der Waals surface area contributed by atoms with Crippen molar-refractivity contribution >= 4 is 41.5 Å². The van der Waals surface area contributed by atoms with Crippen LogP contribution in [0, 0.1) is 11.6 Å². The number of guanidine groups is 1. The van der Waals surface area contributed by atoms with Crippen LogP contribution in [0.3, 0.4) is 0 Å². The van der Waals surface area contributed by atoms with Crippen LogP contribution in [0.1, 0.15) is 16.8 Å². The lowest BCUT2D eigenvalue weighted by molar-refractivity contribution is 0.0954. The van der Waals surface area contributed by atoms with E-state index in [-0.39, 0.29) is 35.9 Å². The number of nitrogens with zero attached hydrogens (tertiary/aromatic N) is 2. The molecule has 2 aromatic carbocycles. The van der Waals surface area contributed by atoms with Gasteiger partial charge in [-0.15, -0.1) is 24.0 Å². The van der Waals surface area contributed by atoms with Crippen molar-refractivity contribution < 1.29 is 18.3 Å². The molecule has 1 saturated heterocycles. The maximum atomic E-state index is 14.0. The summed E-state index contributed by atoms with van der Waals surface area (Å²) in [6.07, 6.45) is 0.796. The molecule has 10 heteroatoms. The van der Waals surface area contributed by atoms with Crippen molar-refractivity contribution in [1.29, 1.82) is 0 Å². The molecule has 174 valence electrons. The van der Waals surface area contributed by atoms with Gasteiger partial charge in [0.1, 0.15) is 17.4 Å². The Hall–Kier alpha value is -2.63. The number of carbonyl (C=O) groups is 1. The molecular formula is C22H28F2IN5O2. The van der Waals surface area contributed by atoms with E-state index in [1.807, 2.05) is 4.90 Å². The van der Waals surface area contributed by atoms with Crippen LogP contribution in [-0.2, 0) is 0 Å². The van der Waals surface area contributed by atoms with Crippen molar-refractivity contribution in [3.63, 3.8) is 0 Å². The van der Waals surface area contributed by atoms with Crippen LogP contribution in [0.4, 0.5) is 14.5 Å². The Morgan fingerprint density at radius 3 is 2.69 bits per heavy atom. The fourth-order valence-corrected chi connectivity index (χ4v) is 3.45. The second kappa shape index (κ2) is 12.4. The zero-order valence-electron chi connectivity index (χ0n) is 18.0. The van der Waals surface area contributed by atoms with E-state index in [2.05, 4.69) is 20.9 Å². The van der Waals surface area contributed by atoms with E-state index < -0.39 is 11.6 Å². The first-order valence-electron chi connectivity index (χ1n) is 10.1. The first-order valence-corrected chi connectivity index (χ1v) is 10.1. The van der Waals surface area contributed by atoms with Gasteiger partial charge >= 0.3 is 0 Å². The van der Waals surface area contributed by atoms with Crippen molar-refractivity contribution in [2.45, 2.75) is 12.5 Å². The number of halogens is 3. The third-order valence-corrected chi connectivity index (χ3v) is 5.04. The molecule has 32 heavy (non-hydrogen) atoms. The molecule has 2 aromatic rings. The summed E-state index contributed by atoms with van der Waals surface area (Å²) in [6, 6.07) is 10.6. The van der Waals surface area contributed by atoms with Gasteiger partial charge in [-0.05, 0) is 36.8 Å². The van der Waals surface area contributed by atoms with Gasteiger partial charge in [0.2, 0.25) is 0 Å². The van der Waals surface area contributed by atoms with Gasteiger partial charge in [-0.1, -0.05) is 6.07 Å². The third-order valence-electron chi connectivity index (χ3n) is 5.04. The number of benzene rings is 2. The SMILES string of the molecule is CN=C(NCCNC(=O)c1cccc(OC)c1)NC1CCN(c2ccc(F)cc2F)C1.I. The number of rotatable bonds is 7. The monoisotopic (exact) mass is 559 g/mol. The maximum absolute atomic E-state index is 14.0. The molecule has 0 saturated carbocycles. The number of carbonyl (C=O) groups excluding carboxylic acids is 1. The molecule has 1 unspecified atom stereocenters. The van der Waals surface area contributed by atoms with Crippen LogP contribution in [0.2, 0.25) is 0 Å². The van der Waals surface area contributed by atoms with Crippen molar-refractivity contribution in [1.82, 2.24) is 16.0 Å². The van der Waals surface area contributed by atoms with E-state index in [1.165, 1.54) is 12.1 Å². The van der Waals surface area contributed by atoms with E-state index in [0.29, 0.717) is 49.1 Å². The van der Waals surface area contributed by atoms with Crippen LogP contribution in [0.25, 0.3) is 0 Å². The Labute approximate surface area is 203 Å². The average molecular weight is 559 g/mol. The standard InChI is InChI=1S/C22H27F2N5O2.HI/c1-25-22(27-10-9-26-21(30)15-4-3-5-18(12-15)31-2)28-17-8-11-29(14-17)20-7-6-16(23)13-19(20)24;/h3-7,12-13,17H,8-11,14H2,1-2H3,(H,26,30)(H2,25,27,28);1H. The number of methoxy groups -OCH3 is 1. The molecule has 1 amide bonds. The summed E-state index contributed by atoms with van der Waals surface area (Å²) in [6.45, 7) is 2.14. The number of ether oxygens (including phenoxy) is 1. The first kappa shape index (κ1) is 25.6. The molecule has 3 rings (SSSR count). The third kappa shape index (κ3) is 6.94. The highest BCUT2D eigenvalue weighted by Gasteiger charge is 2.25. The highest BCUT2D eigenvalue weighted by Crippen LogP contribution is 2.24. The van der Waals surface area contributed by atoms with Crippen LogP contribution in [0.15, 0.2) is 47.5 Å². The molecular weight excluding hydrogens is 531 g/mol. The largest absolute Gasteiger partial charge is 0.497 e. The second-order valence-corrected chi connectivity index (χ2v) is 7.16. The fraction of sp³-hybridized carbons (Fsp3) is 0.364. The minimum absolute atomic E-state index is 0. The number of amides is 1. The Kier molecular flexibility index (Phi) is 9.95. The normalized spacial score (nSPS) is 15.7. The van der Waals surface area contributed by atoms with Crippen LogP contribution in [-0.4, -0.2) is 58.2 Å². The number of nitrogens with one attached hydrogen (secondary N) is 3. The van der Waals surface area contributed by atoms with Crippen LogP contribution >= 0.6 is 24.0 Å². The molecule has 7 nitrogen and oxygen atoms in total. The molecule has 1 atom stereocenters. The second-order valence-electron chi connectivity index (χ2n) is 7.16. The molecule has 0 bridgehead atoms. The number of anilines is 1. The van der Waals surface area contributed by atoms with E-state index in [4.69, 9.17) is 4.74 Å². The number of hydrogen-bond donors (Lipinski definition) is 3. The van der Waals surface area contributed by atoms with Gasteiger partial charge in [0, 0.05) is 50.9 Å². The summed E-state index contributed by atoms with van der Waals surface area (Å²) in [5.41, 5.74) is 0.926. The van der Waals surface area contributed by atoms with Crippen LogP contribution in [0.5, 0.6) is 5.75 Å². The van der Waals surface area contributed by atoms with E-state index >= 15 is 0 Å². The predicted octanol–water partition coefficient (Wildman–Crippen LogP) is 2.77. The Bertz CT molecular complexity index is 944. The predicted molar refractivity (Wildman–Crippen MR) is 132 cm³/mol. The zero-order valence-corrected chi connectivity index (χ0v) is 20.4. The quantitative estimate of drug-likeness (QED) is 0.211. The van der Waals surface area contributed by atoms with Crippen molar-refractivity contribution in [2.24, 2.45) is 4.99 Å². The van der Waals surface area contributed by atoms with Crippen molar-refractivity contribution in [3.05, 3.63) is 59.7 Å². The molecule has 0 aliphatic carbocycles. The lowest BCUT2D eigenvalue weighted by atomic mass is 10.2. The van der Waals surface area contributed by atoms with Gasteiger partial charge in [-0.3, -0.25) is 9.79 Å². The first-order chi connectivity index (χ1) is 15.0. The van der Waals surface area contributed by atoms with Crippen molar-refractivity contribution in [3.8, 4) is 5.75 Å². The Balaban J connectivity index is 0.00000363. The molecule has 1 heterocycles. The number of aliphatic imine (C=N–C) groups is 1. The van der Waals surface area contributed by atoms with Gasteiger partial charge in [-0.2, -0.15) is 0 Å². The Morgan fingerprint density at radius 1 is 1.19 bits per heavy atom. The highest BCUT2D eigenvalue weighted by atomic mass is 127.